The molecule has 0 aliphatic carbocycles. The van der Waals surface area contributed by atoms with E-state index in [4.69, 9.17) is 10.8 Å². The minimum atomic E-state index is -0.838. The lowest BCUT2D eigenvalue weighted by molar-refractivity contribution is -0.136. The number of hydrogen-bond donors (Lipinski definition) is 2. The van der Waals surface area contributed by atoms with Gasteiger partial charge in [0.2, 0.25) is 5.91 Å². The summed E-state index contributed by atoms with van der Waals surface area (Å²) >= 11 is 0. The van der Waals surface area contributed by atoms with E-state index in [1.807, 2.05) is 84.9 Å². The third-order valence-corrected chi connectivity index (χ3v) is 7.30. The molecule has 1 unspecified atom stereocenters. The van der Waals surface area contributed by atoms with Gasteiger partial charge in [0.15, 0.2) is 0 Å². The van der Waals surface area contributed by atoms with Crippen LogP contribution in [-0.4, -0.2) is 41.5 Å². The molecule has 3 N–H and O–H groups in total. The summed E-state index contributed by atoms with van der Waals surface area (Å²) in [7, 11) is 0. The first-order valence-corrected chi connectivity index (χ1v) is 12.4. The van der Waals surface area contributed by atoms with E-state index in [0.717, 1.165) is 62.0 Å². The van der Waals surface area contributed by atoms with Crippen molar-refractivity contribution >= 4 is 11.9 Å². The van der Waals surface area contributed by atoms with Crippen LogP contribution >= 0.6 is 0 Å². The maximum Gasteiger partial charge on any atom is 0.307 e. The number of unbranched alkanes of at least 4 members (excludes halogenated alkanes) is 1. The molecule has 0 aromatic heterocycles. The number of amides is 1. The zero-order chi connectivity index (χ0) is 24.7. The van der Waals surface area contributed by atoms with Gasteiger partial charge in [-0.15, -0.1) is 0 Å². The number of aliphatic carboxylic acids is 1. The van der Waals surface area contributed by atoms with E-state index in [1.165, 1.54) is 5.56 Å². The third kappa shape index (κ3) is 5.63. The highest BCUT2D eigenvalue weighted by molar-refractivity contribution is 5.91. The van der Waals surface area contributed by atoms with Crippen LogP contribution in [0, 0.1) is 5.92 Å². The molecule has 5 nitrogen and oxygen atoms in total. The summed E-state index contributed by atoms with van der Waals surface area (Å²) in [5.74, 6) is -0.971. The molecule has 0 radical (unpaired) electrons. The van der Waals surface area contributed by atoms with Crippen molar-refractivity contribution < 1.29 is 14.7 Å². The van der Waals surface area contributed by atoms with E-state index in [-0.39, 0.29) is 18.2 Å². The van der Waals surface area contributed by atoms with Gasteiger partial charge in [0, 0.05) is 6.54 Å². The molecule has 0 spiro atoms. The predicted molar refractivity (Wildman–Crippen MR) is 138 cm³/mol. The van der Waals surface area contributed by atoms with Crippen LogP contribution < -0.4 is 5.73 Å². The van der Waals surface area contributed by atoms with Crippen molar-refractivity contribution in [3.05, 3.63) is 107 Å². The van der Waals surface area contributed by atoms with Crippen LogP contribution in [0.25, 0.3) is 0 Å². The van der Waals surface area contributed by atoms with Crippen molar-refractivity contribution in [2.75, 3.05) is 19.6 Å². The molecule has 5 heteroatoms. The first-order valence-electron chi connectivity index (χ1n) is 12.4. The van der Waals surface area contributed by atoms with Gasteiger partial charge in [0.05, 0.1) is 6.42 Å². The standard InChI is InChI=1S/C30H34N2O3/c31-29(35)30(25-10-3-1-4-11-25,26-12-5-2-6-13-26)27-18-20-32(22-27)19-8-7-9-23-14-16-24(17-15-23)21-28(33)34/h1-6,10-17,27H,7-9,18-22H2,(H2,31,35)(H,33,34). The second-order valence-electron chi connectivity index (χ2n) is 9.53. The predicted octanol–water partition coefficient (Wildman–Crippen LogP) is 4.43. The van der Waals surface area contributed by atoms with E-state index in [0.29, 0.717) is 0 Å². The van der Waals surface area contributed by atoms with Gasteiger partial charge in [0.1, 0.15) is 5.41 Å². The molecule has 1 heterocycles. The lowest BCUT2D eigenvalue weighted by Gasteiger charge is -2.37. The number of primary amides is 1. The maximum atomic E-state index is 13.2. The summed E-state index contributed by atoms with van der Waals surface area (Å²) in [6.45, 7) is 2.80. The van der Waals surface area contributed by atoms with Crippen molar-refractivity contribution in [3.8, 4) is 0 Å². The van der Waals surface area contributed by atoms with E-state index in [9.17, 15) is 9.59 Å². The summed E-state index contributed by atoms with van der Waals surface area (Å²) in [5.41, 5.74) is 9.36. The molecule has 182 valence electrons. The smallest absolute Gasteiger partial charge is 0.307 e. The Morgan fingerprint density at radius 2 is 1.43 bits per heavy atom. The number of carbonyl (C=O) groups is 2. The molecule has 1 aliphatic heterocycles. The Hall–Kier alpha value is -3.44. The molecular formula is C30H34N2O3. The van der Waals surface area contributed by atoms with Gasteiger partial charge < -0.3 is 15.7 Å². The Labute approximate surface area is 207 Å². The first-order chi connectivity index (χ1) is 17.0. The topological polar surface area (TPSA) is 83.6 Å². The second kappa shape index (κ2) is 11.3. The molecule has 1 amide bonds. The number of benzene rings is 3. The number of carbonyl (C=O) groups excluding carboxylic acids is 1. The Morgan fingerprint density at radius 3 is 1.97 bits per heavy atom. The van der Waals surface area contributed by atoms with Gasteiger partial charge in [-0.25, -0.2) is 0 Å². The lowest BCUT2D eigenvalue weighted by atomic mass is 9.64. The highest BCUT2D eigenvalue weighted by atomic mass is 16.4. The number of carboxylic acid groups (broad SMARTS) is 1. The zero-order valence-corrected chi connectivity index (χ0v) is 20.1. The van der Waals surface area contributed by atoms with Gasteiger partial charge in [0.25, 0.3) is 0 Å². The van der Waals surface area contributed by atoms with Gasteiger partial charge >= 0.3 is 5.97 Å². The Morgan fingerprint density at radius 1 is 0.857 bits per heavy atom. The molecule has 3 aromatic carbocycles. The number of likely N-dealkylation sites (tertiary alicyclic amines) is 1. The highest BCUT2D eigenvalue weighted by Gasteiger charge is 2.49. The van der Waals surface area contributed by atoms with Gasteiger partial charge in [-0.05, 0) is 66.9 Å². The van der Waals surface area contributed by atoms with Crippen molar-refractivity contribution in [2.45, 2.75) is 37.5 Å². The summed E-state index contributed by atoms with van der Waals surface area (Å²) in [4.78, 5) is 26.5. The fourth-order valence-electron chi connectivity index (χ4n) is 5.58. The molecule has 35 heavy (non-hydrogen) atoms. The first kappa shape index (κ1) is 24.7. The molecule has 3 aromatic rings. The third-order valence-electron chi connectivity index (χ3n) is 7.30. The molecule has 0 bridgehead atoms. The molecular weight excluding hydrogens is 436 g/mol. The van der Waals surface area contributed by atoms with E-state index in [1.54, 1.807) is 0 Å². The van der Waals surface area contributed by atoms with Crippen LogP contribution in [-0.2, 0) is 27.8 Å². The van der Waals surface area contributed by atoms with Crippen LogP contribution in [0.4, 0.5) is 0 Å². The highest BCUT2D eigenvalue weighted by Crippen LogP contribution is 2.43. The van der Waals surface area contributed by atoms with Crippen molar-refractivity contribution in [1.82, 2.24) is 4.90 Å². The second-order valence-corrected chi connectivity index (χ2v) is 9.53. The number of aryl methyl sites for hydroxylation is 1. The SMILES string of the molecule is NC(=O)C(c1ccccc1)(c1ccccc1)C1CCN(CCCCc2ccc(CC(=O)O)cc2)C1. The molecule has 4 rings (SSSR count). The van der Waals surface area contributed by atoms with Crippen LogP contribution in [0.2, 0.25) is 0 Å². The average molecular weight is 471 g/mol. The van der Waals surface area contributed by atoms with Crippen molar-refractivity contribution in [1.29, 1.82) is 0 Å². The quantitative estimate of drug-likeness (QED) is 0.406. The largest absolute Gasteiger partial charge is 0.481 e. The number of rotatable bonds is 11. The lowest BCUT2D eigenvalue weighted by Crippen LogP contribution is -2.49. The van der Waals surface area contributed by atoms with Crippen LogP contribution in [0.1, 0.15) is 41.5 Å². The normalized spacial score (nSPS) is 16.3. The average Bonchev–Trinajstić information content (AvgIpc) is 3.33. The minimum absolute atomic E-state index is 0.0646. The van der Waals surface area contributed by atoms with Crippen LogP contribution in [0.3, 0.4) is 0 Å². The molecule has 0 saturated carbocycles. The number of nitrogens with zero attached hydrogens (tertiary/aromatic N) is 1. The summed E-state index contributed by atoms with van der Waals surface area (Å²) in [5, 5.41) is 8.91. The molecule has 1 atom stereocenters. The Balaban J connectivity index is 1.39. The Bertz CT molecular complexity index is 1070. The van der Waals surface area contributed by atoms with Crippen LogP contribution in [0.5, 0.6) is 0 Å². The van der Waals surface area contributed by atoms with Gasteiger partial charge in [-0.3, -0.25) is 9.59 Å². The zero-order valence-electron chi connectivity index (χ0n) is 20.1. The fourth-order valence-corrected chi connectivity index (χ4v) is 5.58. The number of carboxylic acids is 1. The van der Waals surface area contributed by atoms with Crippen LogP contribution in [0.15, 0.2) is 84.9 Å². The number of nitrogens with two attached hydrogens (primary N) is 1. The molecule has 1 fully saturated rings. The number of hydrogen-bond acceptors (Lipinski definition) is 3. The minimum Gasteiger partial charge on any atom is -0.481 e. The van der Waals surface area contributed by atoms with Crippen molar-refractivity contribution in [3.63, 3.8) is 0 Å². The van der Waals surface area contributed by atoms with E-state index < -0.39 is 11.4 Å². The Kier molecular flexibility index (Phi) is 7.98. The van der Waals surface area contributed by atoms with E-state index >= 15 is 0 Å². The van der Waals surface area contributed by atoms with Crippen molar-refractivity contribution in [2.24, 2.45) is 11.7 Å². The van der Waals surface area contributed by atoms with E-state index in [2.05, 4.69) is 4.90 Å². The van der Waals surface area contributed by atoms with Gasteiger partial charge in [-0.1, -0.05) is 84.9 Å². The maximum absolute atomic E-state index is 13.2. The molecule has 1 saturated heterocycles. The summed E-state index contributed by atoms with van der Waals surface area (Å²) < 4.78 is 0. The monoisotopic (exact) mass is 470 g/mol. The van der Waals surface area contributed by atoms with Gasteiger partial charge in [-0.2, -0.15) is 0 Å². The summed E-state index contributed by atoms with van der Waals surface area (Å²) in [6, 6.07) is 27.9. The summed E-state index contributed by atoms with van der Waals surface area (Å²) in [6.07, 6.45) is 4.11. The fraction of sp³-hybridized carbons (Fsp3) is 0.333. The molecule has 1 aliphatic rings.